The molecule has 2 aliphatic carbocycles. The summed E-state index contributed by atoms with van der Waals surface area (Å²) in [5.74, 6) is 0. The minimum Gasteiger partial charge on any atom is -0.453 e. The molecule has 124 valence electrons. The molecular formula is C16H36N2OSi2. The van der Waals surface area contributed by atoms with Gasteiger partial charge >= 0.3 is 0 Å². The molecule has 3 nitrogen and oxygen atoms in total. The van der Waals surface area contributed by atoms with Gasteiger partial charge in [0.15, 0.2) is 16.6 Å². The Hall–Kier alpha value is 0.314. The molecule has 0 saturated heterocycles. The summed E-state index contributed by atoms with van der Waals surface area (Å²) in [4.78, 5) is 0. The van der Waals surface area contributed by atoms with E-state index in [4.69, 9.17) is 15.6 Å². The Bertz CT molecular complexity index is 325. The largest absolute Gasteiger partial charge is 0.453 e. The standard InChI is InChI=1S/C16H36N2OSi2/c1-20(2,15(17)11-7-5-8-12-15)19-21(3,4)16(18)13-9-6-10-14-16/h5-14,17-18H2,1-4H3. The summed E-state index contributed by atoms with van der Waals surface area (Å²) >= 11 is 0. The number of nitrogens with two attached hydrogens (primary N) is 2. The summed E-state index contributed by atoms with van der Waals surface area (Å²) < 4.78 is 6.94. The van der Waals surface area contributed by atoms with Gasteiger partial charge in [-0.05, 0) is 51.9 Å². The third-order valence-corrected chi connectivity index (χ3v) is 16.3. The smallest absolute Gasteiger partial charge is 0.193 e. The molecule has 0 radical (unpaired) electrons. The molecule has 0 amide bonds. The lowest BCUT2D eigenvalue weighted by Crippen LogP contribution is -2.72. The van der Waals surface area contributed by atoms with Crippen molar-refractivity contribution in [1.29, 1.82) is 0 Å². The first-order valence-corrected chi connectivity index (χ1v) is 14.7. The van der Waals surface area contributed by atoms with Crippen LogP contribution in [0.15, 0.2) is 0 Å². The van der Waals surface area contributed by atoms with Gasteiger partial charge in [-0.25, -0.2) is 0 Å². The van der Waals surface area contributed by atoms with E-state index in [-0.39, 0.29) is 10.3 Å². The van der Waals surface area contributed by atoms with E-state index >= 15 is 0 Å². The zero-order chi connectivity index (χ0) is 15.8. The molecule has 5 heteroatoms. The van der Waals surface area contributed by atoms with Crippen molar-refractivity contribution in [3.05, 3.63) is 0 Å². The number of rotatable bonds is 4. The highest BCUT2D eigenvalue weighted by Gasteiger charge is 2.54. The Morgan fingerprint density at radius 3 is 1.19 bits per heavy atom. The van der Waals surface area contributed by atoms with Crippen LogP contribution in [0.2, 0.25) is 26.2 Å². The lowest BCUT2D eigenvalue weighted by atomic mass is 9.95. The van der Waals surface area contributed by atoms with Crippen molar-refractivity contribution in [2.45, 2.75) is 101 Å². The molecule has 0 bridgehead atoms. The maximum Gasteiger partial charge on any atom is 0.193 e. The molecule has 2 aliphatic rings. The van der Waals surface area contributed by atoms with Crippen LogP contribution in [0.4, 0.5) is 0 Å². The molecule has 0 spiro atoms. The molecule has 0 aliphatic heterocycles. The summed E-state index contributed by atoms with van der Waals surface area (Å²) in [6, 6.07) is 0. The van der Waals surface area contributed by atoms with E-state index < -0.39 is 16.6 Å². The third kappa shape index (κ3) is 3.47. The van der Waals surface area contributed by atoms with Crippen LogP contribution in [0.1, 0.15) is 64.2 Å². The fourth-order valence-corrected chi connectivity index (χ4v) is 14.3. The normalized spacial score (nSPS) is 26.6. The van der Waals surface area contributed by atoms with E-state index in [9.17, 15) is 0 Å². The van der Waals surface area contributed by atoms with Gasteiger partial charge in [-0.1, -0.05) is 38.5 Å². The van der Waals surface area contributed by atoms with Gasteiger partial charge in [0.25, 0.3) is 0 Å². The molecule has 2 rings (SSSR count). The van der Waals surface area contributed by atoms with Crippen LogP contribution >= 0.6 is 0 Å². The molecule has 0 atom stereocenters. The predicted octanol–water partition coefficient (Wildman–Crippen LogP) is 3.81. The van der Waals surface area contributed by atoms with Gasteiger partial charge in [-0.15, -0.1) is 0 Å². The van der Waals surface area contributed by atoms with Crippen LogP contribution in [0, 0.1) is 0 Å². The highest BCUT2D eigenvalue weighted by molar-refractivity contribution is 6.87. The molecule has 0 unspecified atom stereocenters. The second-order valence-electron chi connectivity index (χ2n) is 8.56. The van der Waals surface area contributed by atoms with E-state index in [1.54, 1.807) is 0 Å². The minimum atomic E-state index is -1.93. The number of hydrogen-bond acceptors (Lipinski definition) is 3. The molecular weight excluding hydrogens is 292 g/mol. The summed E-state index contributed by atoms with van der Waals surface area (Å²) in [7, 11) is -3.87. The van der Waals surface area contributed by atoms with Crippen LogP contribution in [-0.4, -0.2) is 27.0 Å². The average Bonchev–Trinajstić information content (AvgIpc) is 2.39. The second-order valence-corrected chi connectivity index (χ2v) is 17.4. The van der Waals surface area contributed by atoms with Crippen molar-refractivity contribution in [3.63, 3.8) is 0 Å². The van der Waals surface area contributed by atoms with E-state index in [2.05, 4.69) is 26.2 Å². The van der Waals surface area contributed by atoms with Crippen LogP contribution in [0.3, 0.4) is 0 Å². The zero-order valence-corrected chi connectivity index (χ0v) is 16.6. The summed E-state index contributed by atoms with van der Waals surface area (Å²) in [6.45, 7) is 9.39. The van der Waals surface area contributed by atoms with E-state index in [0.717, 1.165) is 25.7 Å². The van der Waals surface area contributed by atoms with Crippen molar-refractivity contribution < 1.29 is 4.12 Å². The molecule has 21 heavy (non-hydrogen) atoms. The molecule has 2 fully saturated rings. The molecule has 0 heterocycles. The average molecular weight is 329 g/mol. The van der Waals surface area contributed by atoms with Crippen LogP contribution in [-0.2, 0) is 4.12 Å². The molecule has 0 aromatic heterocycles. The van der Waals surface area contributed by atoms with Gasteiger partial charge in [0.2, 0.25) is 0 Å². The van der Waals surface area contributed by atoms with E-state index in [0.29, 0.717) is 0 Å². The zero-order valence-electron chi connectivity index (χ0n) is 14.6. The maximum atomic E-state index is 6.94. The first-order chi connectivity index (χ1) is 9.62. The molecule has 4 N–H and O–H groups in total. The minimum absolute atomic E-state index is 0.0411. The highest BCUT2D eigenvalue weighted by Crippen LogP contribution is 2.40. The van der Waals surface area contributed by atoms with Crippen LogP contribution in [0.5, 0.6) is 0 Å². The molecule has 0 aromatic rings. The number of hydrogen-bond donors (Lipinski definition) is 2. The Labute approximate surface area is 133 Å². The fraction of sp³-hybridized carbons (Fsp3) is 1.00. The summed E-state index contributed by atoms with van der Waals surface area (Å²) in [5, 5.41) is -0.0822. The first-order valence-electron chi connectivity index (χ1n) is 8.90. The van der Waals surface area contributed by atoms with Crippen molar-refractivity contribution in [2.75, 3.05) is 0 Å². The highest BCUT2D eigenvalue weighted by atomic mass is 28.4. The fourth-order valence-electron chi connectivity index (χ4n) is 4.41. The first kappa shape index (κ1) is 17.7. The van der Waals surface area contributed by atoms with Crippen molar-refractivity contribution in [1.82, 2.24) is 0 Å². The predicted molar refractivity (Wildman–Crippen MR) is 96.1 cm³/mol. The monoisotopic (exact) mass is 328 g/mol. The summed E-state index contributed by atoms with van der Waals surface area (Å²) in [5.41, 5.74) is 13.7. The molecule has 0 aromatic carbocycles. The SMILES string of the molecule is C[Si](C)(O[Si](C)(C)C1(N)CCCCC1)C1(N)CCCCC1. The lowest BCUT2D eigenvalue weighted by molar-refractivity contribution is 0.311. The van der Waals surface area contributed by atoms with Gasteiger partial charge in [0, 0.05) is 10.3 Å². The van der Waals surface area contributed by atoms with E-state index in [1.165, 1.54) is 38.5 Å². The van der Waals surface area contributed by atoms with Crippen LogP contribution in [0.25, 0.3) is 0 Å². The van der Waals surface area contributed by atoms with Crippen molar-refractivity contribution >= 4 is 16.6 Å². The van der Waals surface area contributed by atoms with Gasteiger partial charge in [0.05, 0.1) is 0 Å². The van der Waals surface area contributed by atoms with Gasteiger partial charge in [-0.3, -0.25) is 0 Å². The Balaban J connectivity index is 2.13. The van der Waals surface area contributed by atoms with Crippen molar-refractivity contribution in [3.8, 4) is 0 Å². The third-order valence-electron chi connectivity index (χ3n) is 6.40. The topological polar surface area (TPSA) is 61.3 Å². The van der Waals surface area contributed by atoms with Gasteiger partial charge in [0.1, 0.15) is 0 Å². The van der Waals surface area contributed by atoms with Crippen molar-refractivity contribution in [2.24, 2.45) is 11.5 Å². The quantitative estimate of drug-likeness (QED) is 0.771. The Morgan fingerprint density at radius 2 is 0.905 bits per heavy atom. The van der Waals surface area contributed by atoms with E-state index in [1.807, 2.05) is 0 Å². The second kappa shape index (κ2) is 6.08. The Morgan fingerprint density at radius 1 is 0.619 bits per heavy atom. The summed E-state index contributed by atoms with van der Waals surface area (Å²) in [6.07, 6.45) is 12.3. The molecule has 2 saturated carbocycles. The maximum absolute atomic E-state index is 6.94. The Kier molecular flexibility index (Phi) is 5.11. The van der Waals surface area contributed by atoms with Crippen LogP contribution < -0.4 is 11.5 Å². The van der Waals surface area contributed by atoms with Gasteiger partial charge < -0.3 is 15.6 Å². The lowest BCUT2D eigenvalue weighted by Gasteiger charge is -2.53. The van der Waals surface area contributed by atoms with Gasteiger partial charge in [-0.2, -0.15) is 0 Å².